The molecule has 0 aliphatic carbocycles. The highest BCUT2D eigenvalue weighted by Gasteiger charge is 2.21. The maximum Gasteiger partial charge on any atom is 0.311 e. The van der Waals surface area contributed by atoms with Crippen molar-refractivity contribution in [1.82, 2.24) is 0 Å². The van der Waals surface area contributed by atoms with Crippen molar-refractivity contribution in [3.63, 3.8) is 0 Å². The number of nitro groups is 1. The van der Waals surface area contributed by atoms with Crippen LogP contribution in [0, 0.1) is 10.1 Å². The molecule has 6 heteroatoms. The summed E-state index contributed by atoms with van der Waals surface area (Å²) in [5.41, 5.74) is 2.39. The number of carbonyl (C=O) groups is 1. The Kier molecular flexibility index (Phi) is 5.52. The Morgan fingerprint density at radius 2 is 1.92 bits per heavy atom. The molecule has 0 bridgehead atoms. The fourth-order valence-electron chi connectivity index (χ4n) is 2.65. The first kappa shape index (κ1) is 17.5. The predicted octanol–water partition coefficient (Wildman–Crippen LogP) is 3.58. The van der Waals surface area contributed by atoms with Gasteiger partial charge in [-0.15, -0.1) is 0 Å². The number of nitrogens with zero attached hydrogens (tertiary/aromatic N) is 1. The molecule has 1 unspecified atom stereocenters. The van der Waals surface area contributed by atoms with Crippen LogP contribution in [0.5, 0.6) is 5.75 Å². The van der Waals surface area contributed by atoms with Gasteiger partial charge in [-0.25, -0.2) is 0 Å². The lowest BCUT2D eigenvalue weighted by atomic mass is 9.91. The Balaban J connectivity index is 2.29. The smallest absolute Gasteiger partial charge is 0.311 e. The predicted molar refractivity (Wildman–Crippen MR) is 89.5 cm³/mol. The van der Waals surface area contributed by atoms with Crippen LogP contribution in [0.15, 0.2) is 42.5 Å². The maximum absolute atomic E-state index is 11.6. The summed E-state index contributed by atoms with van der Waals surface area (Å²) in [5.74, 6) is -0.940. The summed E-state index contributed by atoms with van der Waals surface area (Å²) in [5, 5.41) is 20.3. The Morgan fingerprint density at radius 1 is 1.25 bits per heavy atom. The van der Waals surface area contributed by atoms with Gasteiger partial charge in [-0.1, -0.05) is 31.2 Å². The minimum atomic E-state index is -0.960. The molecule has 1 N–H and O–H groups in total. The number of aliphatic carboxylic acids is 1. The number of nitro benzene ring substituents is 1. The van der Waals surface area contributed by atoms with E-state index in [0.717, 1.165) is 23.3 Å². The van der Waals surface area contributed by atoms with Gasteiger partial charge >= 0.3 is 5.97 Å². The van der Waals surface area contributed by atoms with Crippen molar-refractivity contribution in [2.24, 2.45) is 0 Å². The third-order valence-corrected chi connectivity index (χ3v) is 3.97. The number of carboxylic acids is 1. The molecule has 0 saturated carbocycles. The van der Waals surface area contributed by atoms with Crippen LogP contribution in [-0.2, 0) is 17.6 Å². The van der Waals surface area contributed by atoms with Crippen LogP contribution in [0.1, 0.15) is 29.5 Å². The number of carboxylic acid groups (broad SMARTS) is 1. The molecule has 1 atom stereocenters. The van der Waals surface area contributed by atoms with Gasteiger partial charge in [0.2, 0.25) is 0 Å². The van der Waals surface area contributed by atoms with Crippen molar-refractivity contribution in [3.05, 3.63) is 69.3 Å². The number of methoxy groups -OCH3 is 1. The lowest BCUT2D eigenvalue weighted by Crippen LogP contribution is -2.14. The Bertz CT molecular complexity index is 740. The minimum absolute atomic E-state index is 0.0550. The molecule has 0 spiro atoms. The molecule has 0 saturated heterocycles. The molecule has 2 aromatic carbocycles. The quantitative estimate of drug-likeness (QED) is 0.619. The van der Waals surface area contributed by atoms with Gasteiger partial charge in [0.05, 0.1) is 18.0 Å². The number of non-ortho nitro benzene ring substituents is 1. The van der Waals surface area contributed by atoms with Crippen molar-refractivity contribution >= 4 is 11.7 Å². The van der Waals surface area contributed by atoms with Gasteiger partial charge in [-0.05, 0) is 35.6 Å². The first-order chi connectivity index (χ1) is 11.5. The van der Waals surface area contributed by atoms with Gasteiger partial charge < -0.3 is 9.84 Å². The summed E-state index contributed by atoms with van der Waals surface area (Å²) in [7, 11) is 1.60. The topological polar surface area (TPSA) is 89.7 Å². The van der Waals surface area contributed by atoms with Crippen molar-refractivity contribution in [1.29, 1.82) is 0 Å². The molecule has 0 heterocycles. The summed E-state index contributed by atoms with van der Waals surface area (Å²) in [6.07, 6.45) is 1.09. The second kappa shape index (κ2) is 7.59. The average molecular weight is 329 g/mol. The van der Waals surface area contributed by atoms with Gasteiger partial charge in [0, 0.05) is 12.1 Å². The molecule has 0 aromatic heterocycles. The van der Waals surface area contributed by atoms with Gasteiger partial charge in [-0.3, -0.25) is 14.9 Å². The van der Waals surface area contributed by atoms with Gasteiger partial charge in [-0.2, -0.15) is 0 Å². The zero-order valence-corrected chi connectivity index (χ0v) is 13.6. The summed E-state index contributed by atoms with van der Waals surface area (Å²) >= 11 is 0. The zero-order chi connectivity index (χ0) is 17.7. The molecule has 0 aliphatic rings. The second-order valence-electron chi connectivity index (χ2n) is 5.44. The molecule has 0 radical (unpaired) electrons. The van der Waals surface area contributed by atoms with Gasteiger partial charge in [0.25, 0.3) is 5.69 Å². The van der Waals surface area contributed by atoms with E-state index >= 15 is 0 Å². The van der Waals surface area contributed by atoms with Crippen LogP contribution >= 0.6 is 0 Å². The van der Waals surface area contributed by atoms with Crippen molar-refractivity contribution < 1.29 is 19.6 Å². The highest BCUT2D eigenvalue weighted by molar-refractivity contribution is 5.76. The van der Waals surface area contributed by atoms with Crippen molar-refractivity contribution in [2.45, 2.75) is 25.7 Å². The van der Waals surface area contributed by atoms with Gasteiger partial charge in [0.15, 0.2) is 0 Å². The monoisotopic (exact) mass is 329 g/mol. The van der Waals surface area contributed by atoms with Crippen molar-refractivity contribution in [2.75, 3.05) is 7.11 Å². The average Bonchev–Trinajstić information content (AvgIpc) is 2.59. The number of hydrogen-bond acceptors (Lipinski definition) is 4. The van der Waals surface area contributed by atoms with E-state index in [9.17, 15) is 20.0 Å². The minimum Gasteiger partial charge on any atom is -0.496 e. The van der Waals surface area contributed by atoms with Crippen LogP contribution in [0.4, 0.5) is 5.69 Å². The van der Waals surface area contributed by atoms with Crippen LogP contribution in [0.3, 0.4) is 0 Å². The number of ether oxygens (including phenoxy) is 1. The molecule has 2 rings (SSSR count). The summed E-state index contributed by atoms with van der Waals surface area (Å²) in [6.45, 7) is 2.01. The summed E-state index contributed by atoms with van der Waals surface area (Å²) < 4.78 is 5.28. The third kappa shape index (κ3) is 3.90. The largest absolute Gasteiger partial charge is 0.496 e. The van der Waals surface area contributed by atoms with Crippen LogP contribution in [-0.4, -0.2) is 23.1 Å². The van der Waals surface area contributed by atoms with E-state index in [4.69, 9.17) is 4.74 Å². The zero-order valence-electron chi connectivity index (χ0n) is 13.6. The lowest BCUT2D eigenvalue weighted by Gasteiger charge is -2.15. The molecule has 6 nitrogen and oxygen atoms in total. The lowest BCUT2D eigenvalue weighted by molar-refractivity contribution is -0.384. The molecule has 0 aliphatic heterocycles. The Morgan fingerprint density at radius 3 is 2.42 bits per heavy atom. The molecular weight excluding hydrogens is 310 g/mol. The Hall–Kier alpha value is -2.89. The van der Waals surface area contributed by atoms with E-state index in [0.29, 0.717) is 12.0 Å². The Labute approximate surface area is 139 Å². The highest BCUT2D eigenvalue weighted by Crippen LogP contribution is 2.27. The first-order valence-corrected chi connectivity index (χ1v) is 7.59. The van der Waals surface area contributed by atoms with E-state index in [1.54, 1.807) is 7.11 Å². The summed E-state index contributed by atoms with van der Waals surface area (Å²) in [6, 6.07) is 11.3. The number of benzene rings is 2. The van der Waals surface area contributed by atoms with Crippen LogP contribution in [0.25, 0.3) is 0 Å². The number of hydrogen-bond donors (Lipinski definition) is 1. The van der Waals surface area contributed by atoms with E-state index in [1.807, 2.05) is 25.1 Å². The standard InChI is InChI=1S/C18H19NO5/c1-3-13-10-12(4-9-17(13)24-2)11-16(18(20)21)14-5-7-15(8-6-14)19(22)23/h4-10,16H,3,11H2,1-2H3,(H,20,21). The molecule has 2 aromatic rings. The van der Waals surface area contributed by atoms with Crippen molar-refractivity contribution in [3.8, 4) is 5.75 Å². The highest BCUT2D eigenvalue weighted by atomic mass is 16.6. The first-order valence-electron chi connectivity index (χ1n) is 7.59. The van der Waals surface area contributed by atoms with E-state index in [1.165, 1.54) is 24.3 Å². The molecule has 0 fully saturated rings. The molecular formula is C18H19NO5. The van der Waals surface area contributed by atoms with E-state index < -0.39 is 16.8 Å². The summed E-state index contributed by atoms with van der Waals surface area (Å²) in [4.78, 5) is 21.9. The SMILES string of the molecule is CCc1cc(CC(C(=O)O)c2ccc([N+](=O)[O-])cc2)ccc1OC. The molecule has 0 amide bonds. The molecule has 126 valence electrons. The molecule has 24 heavy (non-hydrogen) atoms. The fraction of sp³-hybridized carbons (Fsp3) is 0.278. The van der Waals surface area contributed by atoms with E-state index in [2.05, 4.69) is 0 Å². The second-order valence-corrected chi connectivity index (χ2v) is 5.44. The fourth-order valence-corrected chi connectivity index (χ4v) is 2.65. The van der Waals surface area contributed by atoms with E-state index in [-0.39, 0.29) is 5.69 Å². The maximum atomic E-state index is 11.6. The number of rotatable bonds is 7. The van der Waals surface area contributed by atoms with Crippen LogP contribution < -0.4 is 4.74 Å². The number of aryl methyl sites for hydroxylation is 1. The van der Waals surface area contributed by atoms with Crippen LogP contribution in [0.2, 0.25) is 0 Å². The third-order valence-electron chi connectivity index (χ3n) is 3.97. The van der Waals surface area contributed by atoms with Gasteiger partial charge in [0.1, 0.15) is 5.75 Å². The normalized spacial score (nSPS) is 11.8.